The third kappa shape index (κ3) is 3.06. The van der Waals surface area contributed by atoms with Crippen molar-refractivity contribution in [2.75, 3.05) is 14.2 Å². The second kappa shape index (κ2) is 6.31. The molecule has 2 heterocycles. The summed E-state index contributed by atoms with van der Waals surface area (Å²) >= 11 is 0. The first-order valence-corrected chi connectivity index (χ1v) is 6.86. The molecule has 116 valence electrons. The number of aromatic nitrogens is 1. The van der Waals surface area contributed by atoms with Crippen molar-refractivity contribution in [1.29, 1.82) is 0 Å². The summed E-state index contributed by atoms with van der Waals surface area (Å²) in [5.74, 6) is 0.968. The molecule has 1 aromatic carbocycles. The minimum atomic E-state index is -0.512. The molecule has 0 fully saturated rings. The molecule has 1 aliphatic heterocycles. The highest BCUT2D eigenvalue weighted by Gasteiger charge is 2.24. The maximum atomic E-state index is 12.0. The Labute approximate surface area is 133 Å². The van der Waals surface area contributed by atoms with Gasteiger partial charge in [-0.2, -0.15) is 0 Å². The van der Waals surface area contributed by atoms with Gasteiger partial charge in [0.25, 0.3) is 0 Å². The molecule has 1 aromatic heterocycles. The molecule has 6 heteroatoms. The molecule has 23 heavy (non-hydrogen) atoms. The van der Waals surface area contributed by atoms with Crippen molar-refractivity contribution in [3.8, 4) is 11.5 Å². The maximum absolute atomic E-state index is 12.0. The van der Waals surface area contributed by atoms with E-state index in [1.165, 1.54) is 0 Å². The summed E-state index contributed by atoms with van der Waals surface area (Å²) in [5.41, 5.74) is 1.55. The van der Waals surface area contributed by atoms with Crippen molar-refractivity contribution in [2.24, 2.45) is 4.99 Å². The van der Waals surface area contributed by atoms with Gasteiger partial charge in [0.2, 0.25) is 5.90 Å². The monoisotopic (exact) mass is 310 g/mol. The Morgan fingerprint density at radius 3 is 2.74 bits per heavy atom. The molecule has 0 radical (unpaired) electrons. The van der Waals surface area contributed by atoms with Crippen LogP contribution >= 0.6 is 0 Å². The predicted octanol–water partition coefficient (Wildman–Crippen LogP) is 2.44. The van der Waals surface area contributed by atoms with Gasteiger partial charge in [-0.3, -0.25) is 4.98 Å². The minimum Gasteiger partial charge on any atom is -0.497 e. The third-order valence-corrected chi connectivity index (χ3v) is 3.26. The fraction of sp³-hybridized carbons (Fsp3) is 0.118. The quantitative estimate of drug-likeness (QED) is 0.641. The van der Waals surface area contributed by atoms with E-state index in [0.29, 0.717) is 22.6 Å². The van der Waals surface area contributed by atoms with E-state index in [2.05, 4.69) is 9.98 Å². The largest absolute Gasteiger partial charge is 0.497 e. The number of methoxy groups -OCH3 is 2. The lowest BCUT2D eigenvalue weighted by Crippen LogP contribution is -2.05. The Bertz CT molecular complexity index is 797. The predicted molar refractivity (Wildman–Crippen MR) is 84.4 cm³/mol. The van der Waals surface area contributed by atoms with Gasteiger partial charge < -0.3 is 14.2 Å². The lowest BCUT2D eigenvalue weighted by molar-refractivity contribution is -0.129. The van der Waals surface area contributed by atoms with Crippen LogP contribution < -0.4 is 9.47 Å². The molecule has 0 unspecified atom stereocenters. The number of nitrogens with zero attached hydrogens (tertiary/aromatic N) is 2. The highest BCUT2D eigenvalue weighted by atomic mass is 16.6. The number of benzene rings is 1. The van der Waals surface area contributed by atoms with Gasteiger partial charge in [-0.25, -0.2) is 9.79 Å². The second-order valence-electron chi connectivity index (χ2n) is 4.69. The molecule has 0 N–H and O–H groups in total. The SMILES string of the molecule is COc1ccc(/C=C2/N=C(c3cccnc3)OC2=O)c(OC)c1. The van der Waals surface area contributed by atoms with Crippen molar-refractivity contribution in [2.45, 2.75) is 0 Å². The lowest BCUT2D eigenvalue weighted by atomic mass is 10.1. The lowest BCUT2D eigenvalue weighted by Gasteiger charge is -2.07. The highest BCUT2D eigenvalue weighted by Crippen LogP contribution is 2.28. The fourth-order valence-corrected chi connectivity index (χ4v) is 2.11. The van der Waals surface area contributed by atoms with Crippen molar-refractivity contribution < 1.29 is 19.0 Å². The Hall–Kier alpha value is -3.15. The van der Waals surface area contributed by atoms with Crippen LogP contribution in [0, 0.1) is 0 Å². The maximum Gasteiger partial charge on any atom is 0.363 e. The van der Waals surface area contributed by atoms with Crippen molar-refractivity contribution in [3.05, 3.63) is 59.5 Å². The zero-order valence-electron chi connectivity index (χ0n) is 12.6. The normalized spacial score (nSPS) is 15.3. The molecule has 1 aliphatic rings. The van der Waals surface area contributed by atoms with Gasteiger partial charge in [-0.05, 0) is 30.3 Å². The van der Waals surface area contributed by atoms with Gasteiger partial charge in [0.1, 0.15) is 11.5 Å². The summed E-state index contributed by atoms with van der Waals surface area (Å²) in [4.78, 5) is 20.2. The number of aliphatic imine (C=N–C) groups is 1. The summed E-state index contributed by atoms with van der Waals surface area (Å²) in [6.07, 6.45) is 4.84. The van der Waals surface area contributed by atoms with E-state index in [9.17, 15) is 4.79 Å². The van der Waals surface area contributed by atoms with Crippen LogP contribution in [0.25, 0.3) is 6.08 Å². The smallest absolute Gasteiger partial charge is 0.363 e. The van der Waals surface area contributed by atoms with Gasteiger partial charge in [-0.15, -0.1) is 0 Å². The van der Waals surface area contributed by atoms with E-state index < -0.39 is 5.97 Å². The van der Waals surface area contributed by atoms with Gasteiger partial charge in [0.15, 0.2) is 5.70 Å². The molecule has 0 spiro atoms. The summed E-state index contributed by atoms with van der Waals surface area (Å²) < 4.78 is 15.6. The molecular formula is C17H14N2O4. The minimum absolute atomic E-state index is 0.201. The second-order valence-corrected chi connectivity index (χ2v) is 4.69. The summed E-state index contributed by atoms with van der Waals surface area (Å²) in [7, 11) is 3.12. The first-order chi connectivity index (χ1) is 11.2. The summed E-state index contributed by atoms with van der Waals surface area (Å²) in [5, 5.41) is 0. The van der Waals surface area contributed by atoms with Crippen LogP contribution in [-0.2, 0) is 9.53 Å². The standard InChI is InChI=1S/C17H14N2O4/c1-21-13-6-5-11(15(9-13)22-2)8-14-17(20)23-16(19-14)12-4-3-7-18-10-12/h3-10H,1-2H3/b14-8+. The number of pyridine rings is 1. The highest BCUT2D eigenvalue weighted by molar-refractivity contribution is 6.12. The molecular weight excluding hydrogens is 296 g/mol. The van der Waals surface area contributed by atoms with Crippen molar-refractivity contribution in [3.63, 3.8) is 0 Å². The number of cyclic esters (lactones) is 1. The van der Waals surface area contributed by atoms with Crippen LogP contribution in [0.4, 0.5) is 0 Å². The summed E-state index contributed by atoms with van der Waals surface area (Å²) in [6, 6.07) is 8.82. The van der Waals surface area contributed by atoms with Gasteiger partial charge in [0, 0.05) is 24.0 Å². The Balaban J connectivity index is 1.96. The zero-order chi connectivity index (χ0) is 16.2. The first kappa shape index (κ1) is 14.8. The van der Waals surface area contributed by atoms with E-state index in [1.54, 1.807) is 63.0 Å². The van der Waals surface area contributed by atoms with Crippen LogP contribution in [0.2, 0.25) is 0 Å². The molecule has 3 rings (SSSR count). The molecule has 2 aromatic rings. The van der Waals surface area contributed by atoms with Crippen molar-refractivity contribution in [1.82, 2.24) is 4.98 Å². The van der Waals surface area contributed by atoms with E-state index in [1.807, 2.05) is 0 Å². The Kier molecular flexibility index (Phi) is 4.05. The van der Waals surface area contributed by atoms with Crippen LogP contribution in [0.3, 0.4) is 0 Å². The van der Waals surface area contributed by atoms with Crippen LogP contribution in [0.1, 0.15) is 11.1 Å². The average molecular weight is 310 g/mol. The van der Waals surface area contributed by atoms with Crippen molar-refractivity contribution >= 4 is 17.9 Å². The van der Waals surface area contributed by atoms with Crippen LogP contribution in [0.15, 0.2) is 53.4 Å². The molecule has 0 atom stereocenters. The molecule has 0 saturated carbocycles. The van der Waals surface area contributed by atoms with E-state index >= 15 is 0 Å². The Morgan fingerprint density at radius 2 is 2.04 bits per heavy atom. The number of hydrogen-bond donors (Lipinski definition) is 0. The molecule has 0 amide bonds. The van der Waals surface area contributed by atoms with Gasteiger partial charge in [0.05, 0.1) is 19.8 Å². The third-order valence-electron chi connectivity index (χ3n) is 3.26. The van der Waals surface area contributed by atoms with Gasteiger partial charge >= 0.3 is 5.97 Å². The molecule has 0 bridgehead atoms. The number of esters is 1. The number of rotatable bonds is 4. The number of carbonyl (C=O) groups is 1. The van der Waals surface area contributed by atoms with E-state index in [0.717, 1.165) is 0 Å². The first-order valence-electron chi connectivity index (χ1n) is 6.86. The molecule has 0 aliphatic carbocycles. The zero-order valence-corrected chi connectivity index (χ0v) is 12.6. The van der Waals surface area contributed by atoms with E-state index in [4.69, 9.17) is 14.2 Å². The molecule has 0 saturated heterocycles. The number of hydrogen-bond acceptors (Lipinski definition) is 6. The van der Waals surface area contributed by atoms with Gasteiger partial charge in [-0.1, -0.05) is 0 Å². The number of carbonyl (C=O) groups excluding carboxylic acids is 1. The van der Waals surface area contributed by atoms with Crippen LogP contribution in [-0.4, -0.2) is 31.1 Å². The topological polar surface area (TPSA) is 70.0 Å². The average Bonchev–Trinajstić information content (AvgIpc) is 2.97. The molecule has 6 nitrogen and oxygen atoms in total. The fourth-order valence-electron chi connectivity index (χ4n) is 2.11. The number of ether oxygens (including phenoxy) is 3. The van der Waals surface area contributed by atoms with E-state index in [-0.39, 0.29) is 11.6 Å². The van der Waals surface area contributed by atoms with Crippen LogP contribution in [0.5, 0.6) is 11.5 Å². The Morgan fingerprint density at radius 1 is 1.17 bits per heavy atom. The summed E-state index contributed by atoms with van der Waals surface area (Å²) in [6.45, 7) is 0.